The van der Waals surface area contributed by atoms with E-state index in [4.69, 9.17) is 4.74 Å². The minimum atomic E-state index is 0.131. The summed E-state index contributed by atoms with van der Waals surface area (Å²) in [7, 11) is 0. The zero-order chi connectivity index (χ0) is 13.8. The lowest BCUT2D eigenvalue weighted by Crippen LogP contribution is -1.97. The molecule has 0 unspecified atom stereocenters. The number of carbonyl (C=O) groups excluding carboxylic acids is 1. The van der Waals surface area contributed by atoms with Gasteiger partial charge in [0.1, 0.15) is 11.5 Å². The maximum atomic E-state index is 11.7. The Morgan fingerprint density at radius 2 is 1.89 bits per heavy atom. The van der Waals surface area contributed by atoms with Gasteiger partial charge in [0.05, 0.1) is 0 Å². The Bertz CT molecular complexity index is 600. The van der Waals surface area contributed by atoms with Crippen molar-refractivity contribution in [1.29, 1.82) is 0 Å². The highest BCUT2D eigenvalue weighted by Gasteiger charge is 2.06. The van der Waals surface area contributed by atoms with Crippen molar-refractivity contribution in [3.63, 3.8) is 0 Å². The molecule has 0 aromatic heterocycles. The monoisotopic (exact) mass is 254 g/mol. The van der Waals surface area contributed by atoms with Crippen LogP contribution in [0, 0.1) is 13.8 Å². The van der Waals surface area contributed by atoms with Crippen LogP contribution in [0.15, 0.2) is 42.5 Å². The Kier molecular flexibility index (Phi) is 4.00. The number of ether oxygens (including phenoxy) is 1. The Balaban J connectivity index is 2.28. The molecule has 2 aromatic rings. The first-order chi connectivity index (χ1) is 9.10. The van der Waals surface area contributed by atoms with Crippen LogP contribution in [0.2, 0.25) is 0 Å². The lowest BCUT2D eigenvalue weighted by atomic mass is 10.1. The molecule has 0 saturated carbocycles. The number of Topliss-reactive ketones (excluding diaryl/α,β-unsaturated/α-hetero) is 1. The normalized spacial score (nSPS) is 10.3. The molecule has 0 N–H and O–H groups in total. The van der Waals surface area contributed by atoms with E-state index in [2.05, 4.69) is 6.07 Å². The minimum absolute atomic E-state index is 0.131. The van der Waals surface area contributed by atoms with Crippen molar-refractivity contribution in [3.05, 3.63) is 59.2 Å². The third-order valence-corrected chi connectivity index (χ3v) is 3.05. The van der Waals surface area contributed by atoms with Gasteiger partial charge in [-0.3, -0.25) is 4.79 Å². The van der Waals surface area contributed by atoms with E-state index in [1.807, 2.05) is 51.1 Å². The van der Waals surface area contributed by atoms with Gasteiger partial charge in [-0.15, -0.1) is 0 Å². The molecule has 0 aliphatic carbocycles. The summed E-state index contributed by atoms with van der Waals surface area (Å²) in [6.45, 7) is 5.90. The van der Waals surface area contributed by atoms with Crippen molar-refractivity contribution in [3.8, 4) is 11.5 Å². The molecule has 0 aliphatic rings. The summed E-state index contributed by atoms with van der Waals surface area (Å²) in [5.74, 6) is 1.67. The van der Waals surface area contributed by atoms with Crippen LogP contribution in [0.5, 0.6) is 11.5 Å². The van der Waals surface area contributed by atoms with Gasteiger partial charge in [0, 0.05) is 12.0 Å². The van der Waals surface area contributed by atoms with Gasteiger partial charge in [-0.25, -0.2) is 0 Å². The van der Waals surface area contributed by atoms with E-state index >= 15 is 0 Å². The van der Waals surface area contributed by atoms with Gasteiger partial charge in [-0.2, -0.15) is 0 Å². The number of hydrogen-bond donors (Lipinski definition) is 0. The summed E-state index contributed by atoms with van der Waals surface area (Å²) in [5, 5.41) is 0. The Hall–Kier alpha value is -2.09. The highest BCUT2D eigenvalue weighted by atomic mass is 16.5. The van der Waals surface area contributed by atoms with Crippen molar-refractivity contribution in [1.82, 2.24) is 0 Å². The van der Waals surface area contributed by atoms with Crippen molar-refractivity contribution >= 4 is 5.78 Å². The molecule has 2 heteroatoms. The number of benzene rings is 2. The van der Waals surface area contributed by atoms with Crippen molar-refractivity contribution < 1.29 is 9.53 Å². The third kappa shape index (κ3) is 3.22. The summed E-state index contributed by atoms with van der Waals surface area (Å²) in [4.78, 5) is 11.7. The minimum Gasteiger partial charge on any atom is -0.457 e. The molecule has 0 heterocycles. The summed E-state index contributed by atoms with van der Waals surface area (Å²) in [6.07, 6.45) is 0.507. The van der Waals surface area contributed by atoms with Gasteiger partial charge >= 0.3 is 0 Å². The molecule has 0 atom stereocenters. The molecule has 19 heavy (non-hydrogen) atoms. The number of rotatable bonds is 4. The number of hydrogen-bond acceptors (Lipinski definition) is 2. The lowest BCUT2D eigenvalue weighted by Gasteiger charge is -2.10. The largest absolute Gasteiger partial charge is 0.457 e. The van der Waals surface area contributed by atoms with E-state index in [-0.39, 0.29) is 5.78 Å². The zero-order valence-electron chi connectivity index (χ0n) is 11.6. The second-order valence-electron chi connectivity index (χ2n) is 4.68. The van der Waals surface area contributed by atoms with Crippen LogP contribution in [0.1, 0.15) is 34.8 Å². The number of ketones is 1. The fourth-order valence-corrected chi connectivity index (χ4v) is 1.88. The van der Waals surface area contributed by atoms with Crippen LogP contribution >= 0.6 is 0 Å². The first-order valence-corrected chi connectivity index (χ1v) is 6.48. The van der Waals surface area contributed by atoms with Crippen LogP contribution in [0.4, 0.5) is 0 Å². The molecule has 2 aromatic carbocycles. The van der Waals surface area contributed by atoms with Crippen molar-refractivity contribution in [2.24, 2.45) is 0 Å². The highest BCUT2D eigenvalue weighted by Crippen LogP contribution is 2.26. The van der Waals surface area contributed by atoms with Crippen LogP contribution in [-0.4, -0.2) is 5.78 Å². The maximum Gasteiger partial charge on any atom is 0.162 e. The zero-order valence-corrected chi connectivity index (χ0v) is 11.6. The van der Waals surface area contributed by atoms with Crippen LogP contribution in [0.3, 0.4) is 0 Å². The summed E-state index contributed by atoms with van der Waals surface area (Å²) in [5.41, 5.74) is 2.93. The van der Waals surface area contributed by atoms with Gasteiger partial charge in [-0.1, -0.05) is 31.2 Å². The van der Waals surface area contributed by atoms with Gasteiger partial charge in [-0.05, 0) is 43.2 Å². The SMILES string of the molecule is CCC(=O)c1cccc(Oc2cc(C)ccc2C)c1. The maximum absolute atomic E-state index is 11.7. The number of aryl methyl sites for hydroxylation is 2. The average molecular weight is 254 g/mol. The highest BCUT2D eigenvalue weighted by molar-refractivity contribution is 5.96. The van der Waals surface area contributed by atoms with E-state index < -0.39 is 0 Å². The first-order valence-electron chi connectivity index (χ1n) is 6.48. The predicted octanol–water partition coefficient (Wildman–Crippen LogP) is 4.69. The lowest BCUT2D eigenvalue weighted by molar-refractivity contribution is 0.0988. The summed E-state index contributed by atoms with van der Waals surface area (Å²) in [6, 6.07) is 13.4. The molecular weight excluding hydrogens is 236 g/mol. The molecule has 2 rings (SSSR count). The molecule has 0 aliphatic heterocycles. The topological polar surface area (TPSA) is 26.3 Å². The smallest absolute Gasteiger partial charge is 0.162 e. The quantitative estimate of drug-likeness (QED) is 0.740. The summed E-state index contributed by atoms with van der Waals surface area (Å²) < 4.78 is 5.87. The molecule has 0 bridgehead atoms. The predicted molar refractivity (Wildman–Crippen MR) is 77.1 cm³/mol. The molecule has 0 fully saturated rings. The van der Waals surface area contributed by atoms with E-state index in [1.54, 1.807) is 6.07 Å². The van der Waals surface area contributed by atoms with Crippen LogP contribution < -0.4 is 4.74 Å². The van der Waals surface area contributed by atoms with E-state index in [9.17, 15) is 4.79 Å². The fourth-order valence-electron chi connectivity index (χ4n) is 1.88. The van der Waals surface area contributed by atoms with E-state index in [0.717, 1.165) is 16.9 Å². The van der Waals surface area contributed by atoms with E-state index in [0.29, 0.717) is 17.7 Å². The second-order valence-corrected chi connectivity index (χ2v) is 4.68. The summed E-state index contributed by atoms with van der Waals surface area (Å²) >= 11 is 0. The van der Waals surface area contributed by atoms with Gasteiger partial charge < -0.3 is 4.74 Å². The third-order valence-electron chi connectivity index (χ3n) is 3.05. The standard InChI is InChI=1S/C17H18O2/c1-4-16(18)14-6-5-7-15(11-14)19-17-10-12(2)8-9-13(17)3/h5-11H,4H2,1-3H3. The van der Waals surface area contributed by atoms with E-state index in [1.165, 1.54) is 0 Å². The molecule has 0 spiro atoms. The Labute approximate surface area is 114 Å². The fraction of sp³-hybridized carbons (Fsp3) is 0.235. The van der Waals surface area contributed by atoms with Crippen molar-refractivity contribution in [2.75, 3.05) is 0 Å². The van der Waals surface area contributed by atoms with Crippen LogP contribution in [0.25, 0.3) is 0 Å². The van der Waals surface area contributed by atoms with Gasteiger partial charge in [0.2, 0.25) is 0 Å². The Morgan fingerprint density at radius 1 is 1.11 bits per heavy atom. The van der Waals surface area contributed by atoms with Gasteiger partial charge in [0.15, 0.2) is 5.78 Å². The first kappa shape index (κ1) is 13.3. The molecule has 0 amide bonds. The van der Waals surface area contributed by atoms with Crippen LogP contribution in [-0.2, 0) is 0 Å². The molecule has 2 nitrogen and oxygen atoms in total. The van der Waals surface area contributed by atoms with Gasteiger partial charge in [0.25, 0.3) is 0 Å². The molecule has 98 valence electrons. The molecule has 0 radical (unpaired) electrons. The average Bonchev–Trinajstić information content (AvgIpc) is 2.42. The number of carbonyl (C=O) groups is 1. The second kappa shape index (κ2) is 5.70. The molecule has 0 saturated heterocycles. The molecular formula is C17H18O2. The Morgan fingerprint density at radius 3 is 2.63 bits per heavy atom. The van der Waals surface area contributed by atoms with Crippen molar-refractivity contribution in [2.45, 2.75) is 27.2 Å².